The molecule has 0 radical (unpaired) electrons. The summed E-state index contributed by atoms with van der Waals surface area (Å²) in [6.45, 7) is 4.13. The molecule has 88 valence electrons. The molecule has 2 rings (SSSR count). The number of aromatic nitrogens is 2. The van der Waals surface area contributed by atoms with E-state index in [1.165, 1.54) is 6.33 Å². The van der Waals surface area contributed by atoms with Crippen LogP contribution >= 0.6 is 0 Å². The molecule has 0 aliphatic carbocycles. The molecular formula is C10H16N4O2. The lowest BCUT2D eigenvalue weighted by molar-refractivity contribution is 0.166. The SMILES string of the molecule is CCCOc1ncnc(N2CCCO2)c1N. The van der Waals surface area contributed by atoms with Crippen LogP contribution in [-0.2, 0) is 4.84 Å². The Morgan fingerprint density at radius 2 is 2.44 bits per heavy atom. The average molecular weight is 224 g/mol. The predicted octanol–water partition coefficient (Wildman–Crippen LogP) is 0.989. The van der Waals surface area contributed by atoms with Crippen molar-refractivity contribution in [3.8, 4) is 5.88 Å². The molecular weight excluding hydrogens is 208 g/mol. The monoisotopic (exact) mass is 224 g/mol. The summed E-state index contributed by atoms with van der Waals surface area (Å²) in [7, 11) is 0. The van der Waals surface area contributed by atoms with Crippen LogP contribution in [0.1, 0.15) is 19.8 Å². The molecule has 1 aromatic heterocycles. The van der Waals surface area contributed by atoms with Gasteiger partial charge in [-0.05, 0) is 12.8 Å². The van der Waals surface area contributed by atoms with Gasteiger partial charge in [-0.15, -0.1) is 0 Å². The summed E-state index contributed by atoms with van der Waals surface area (Å²) in [4.78, 5) is 13.5. The molecule has 0 unspecified atom stereocenters. The minimum Gasteiger partial charge on any atom is -0.476 e. The summed E-state index contributed by atoms with van der Waals surface area (Å²) in [5.41, 5.74) is 6.37. The highest BCUT2D eigenvalue weighted by Crippen LogP contribution is 2.29. The number of anilines is 2. The van der Waals surface area contributed by atoms with Gasteiger partial charge in [0.15, 0.2) is 5.82 Å². The fourth-order valence-electron chi connectivity index (χ4n) is 1.50. The summed E-state index contributed by atoms with van der Waals surface area (Å²) in [5.74, 6) is 1.03. The van der Waals surface area contributed by atoms with Crippen LogP contribution < -0.4 is 15.5 Å². The van der Waals surface area contributed by atoms with E-state index in [-0.39, 0.29) is 0 Å². The molecule has 1 aromatic rings. The second kappa shape index (κ2) is 4.98. The number of hydroxylamine groups is 1. The van der Waals surface area contributed by atoms with Gasteiger partial charge >= 0.3 is 0 Å². The first kappa shape index (κ1) is 10.9. The van der Waals surface area contributed by atoms with E-state index in [0.29, 0.717) is 30.6 Å². The molecule has 0 saturated carbocycles. The zero-order valence-corrected chi connectivity index (χ0v) is 9.35. The number of ether oxygens (including phenoxy) is 1. The Morgan fingerprint density at radius 1 is 1.56 bits per heavy atom. The summed E-state index contributed by atoms with van der Waals surface area (Å²) in [6.07, 6.45) is 3.34. The Labute approximate surface area is 94.3 Å². The van der Waals surface area contributed by atoms with E-state index >= 15 is 0 Å². The van der Waals surface area contributed by atoms with Gasteiger partial charge in [0.25, 0.3) is 0 Å². The average Bonchev–Trinajstić information content (AvgIpc) is 2.81. The van der Waals surface area contributed by atoms with Gasteiger partial charge in [0, 0.05) is 6.54 Å². The van der Waals surface area contributed by atoms with Gasteiger partial charge < -0.3 is 10.5 Å². The molecule has 0 spiro atoms. The highest BCUT2D eigenvalue weighted by Gasteiger charge is 2.20. The molecule has 1 fully saturated rings. The fourth-order valence-corrected chi connectivity index (χ4v) is 1.50. The first-order valence-electron chi connectivity index (χ1n) is 5.46. The van der Waals surface area contributed by atoms with E-state index in [1.54, 1.807) is 5.06 Å². The molecule has 16 heavy (non-hydrogen) atoms. The first-order chi connectivity index (χ1) is 7.83. The third-order valence-corrected chi connectivity index (χ3v) is 2.26. The van der Waals surface area contributed by atoms with E-state index < -0.39 is 0 Å². The molecule has 6 heteroatoms. The number of rotatable bonds is 4. The summed E-state index contributed by atoms with van der Waals surface area (Å²) in [6, 6.07) is 0. The van der Waals surface area contributed by atoms with E-state index in [2.05, 4.69) is 9.97 Å². The van der Waals surface area contributed by atoms with Crippen LogP contribution in [0.2, 0.25) is 0 Å². The molecule has 2 N–H and O–H groups in total. The van der Waals surface area contributed by atoms with E-state index in [1.807, 2.05) is 6.92 Å². The van der Waals surface area contributed by atoms with Crippen LogP contribution in [0.4, 0.5) is 11.5 Å². The Kier molecular flexibility index (Phi) is 3.40. The lowest BCUT2D eigenvalue weighted by atomic mass is 10.4. The summed E-state index contributed by atoms with van der Waals surface area (Å²) >= 11 is 0. The van der Waals surface area contributed by atoms with Crippen LogP contribution in [0.5, 0.6) is 5.88 Å². The Hall–Kier alpha value is -1.56. The van der Waals surface area contributed by atoms with Crippen molar-refractivity contribution in [3.63, 3.8) is 0 Å². The third-order valence-electron chi connectivity index (χ3n) is 2.26. The van der Waals surface area contributed by atoms with Gasteiger partial charge in [-0.25, -0.2) is 10.0 Å². The molecule has 1 aliphatic rings. The Bertz CT molecular complexity index is 353. The predicted molar refractivity (Wildman–Crippen MR) is 60.1 cm³/mol. The molecule has 1 saturated heterocycles. The van der Waals surface area contributed by atoms with Crippen LogP contribution in [0, 0.1) is 0 Å². The Balaban J connectivity index is 2.18. The van der Waals surface area contributed by atoms with Crippen molar-refractivity contribution in [2.45, 2.75) is 19.8 Å². The molecule has 1 aliphatic heterocycles. The lowest BCUT2D eigenvalue weighted by Crippen LogP contribution is -2.20. The van der Waals surface area contributed by atoms with Crippen molar-refractivity contribution >= 4 is 11.5 Å². The standard InChI is InChI=1S/C10H16N4O2/c1-2-5-15-10-8(11)9(12-7-13-10)14-4-3-6-16-14/h7H,2-6,11H2,1H3. The summed E-state index contributed by atoms with van der Waals surface area (Å²) < 4.78 is 5.43. The van der Waals surface area contributed by atoms with Crippen molar-refractivity contribution in [3.05, 3.63) is 6.33 Å². The van der Waals surface area contributed by atoms with Crippen molar-refractivity contribution in [2.24, 2.45) is 0 Å². The maximum Gasteiger partial charge on any atom is 0.242 e. The number of nitrogens with two attached hydrogens (primary N) is 1. The quantitative estimate of drug-likeness (QED) is 0.822. The fraction of sp³-hybridized carbons (Fsp3) is 0.600. The van der Waals surface area contributed by atoms with Crippen molar-refractivity contribution in [1.29, 1.82) is 0 Å². The van der Waals surface area contributed by atoms with Crippen LogP contribution in [0.25, 0.3) is 0 Å². The van der Waals surface area contributed by atoms with E-state index in [9.17, 15) is 0 Å². The number of hydrogen-bond acceptors (Lipinski definition) is 6. The van der Waals surface area contributed by atoms with Crippen molar-refractivity contribution < 1.29 is 9.57 Å². The number of nitrogens with zero attached hydrogens (tertiary/aromatic N) is 3. The second-order valence-electron chi connectivity index (χ2n) is 3.55. The lowest BCUT2D eigenvalue weighted by Gasteiger charge is -2.17. The third kappa shape index (κ3) is 2.16. The second-order valence-corrected chi connectivity index (χ2v) is 3.55. The van der Waals surface area contributed by atoms with Crippen LogP contribution in [-0.4, -0.2) is 29.7 Å². The van der Waals surface area contributed by atoms with Crippen molar-refractivity contribution in [2.75, 3.05) is 30.6 Å². The molecule has 0 aromatic carbocycles. The normalized spacial score (nSPS) is 15.4. The highest BCUT2D eigenvalue weighted by molar-refractivity contribution is 5.66. The molecule has 0 bridgehead atoms. The minimum atomic E-state index is 0.433. The Morgan fingerprint density at radius 3 is 3.12 bits per heavy atom. The zero-order chi connectivity index (χ0) is 11.4. The molecule has 0 amide bonds. The first-order valence-corrected chi connectivity index (χ1v) is 5.46. The zero-order valence-electron chi connectivity index (χ0n) is 9.35. The molecule has 6 nitrogen and oxygen atoms in total. The van der Waals surface area contributed by atoms with Crippen LogP contribution in [0.15, 0.2) is 6.33 Å². The van der Waals surface area contributed by atoms with Gasteiger partial charge in [0.1, 0.15) is 12.0 Å². The van der Waals surface area contributed by atoms with Gasteiger partial charge in [-0.1, -0.05) is 6.92 Å². The van der Waals surface area contributed by atoms with Gasteiger partial charge in [0.2, 0.25) is 5.88 Å². The van der Waals surface area contributed by atoms with E-state index in [0.717, 1.165) is 19.4 Å². The van der Waals surface area contributed by atoms with Crippen LogP contribution in [0.3, 0.4) is 0 Å². The van der Waals surface area contributed by atoms with Crippen molar-refractivity contribution in [1.82, 2.24) is 9.97 Å². The van der Waals surface area contributed by atoms with Gasteiger partial charge in [0.05, 0.1) is 13.2 Å². The minimum absolute atomic E-state index is 0.433. The van der Waals surface area contributed by atoms with Gasteiger partial charge in [-0.3, -0.25) is 4.84 Å². The topological polar surface area (TPSA) is 73.5 Å². The van der Waals surface area contributed by atoms with E-state index in [4.69, 9.17) is 15.3 Å². The molecule has 0 atom stereocenters. The summed E-state index contributed by atoms with van der Waals surface area (Å²) in [5, 5.41) is 1.69. The number of nitrogen functional groups attached to an aromatic ring is 1. The molecule has 2 heterocycles. The number of hydrogen-bond donors (Lipinski definition) is 1. The maximum absolute atomic E-state index is 5.93. The maximum atomic E-state index is 5.93. The highest BCUT2D eigenvalue weighted by atomic mass is 16.7. The smallest absolute Gasteiger partial charge is 0.242 e. The largest absolute Gasteiger partial charge is 0.476 e. The van der Waals surface area contributed by atoms with Gasteiger partial charge in [-0.2, -0.15) is 4.98 Å².